The molecule has 8 heteroatoms. The first-order chi connectivity index (χ1) is 5.82. The van der Waals surface area contributed by atoms with E-state index in [-0.39, 0.29) is 57.5 Å². The van der Waals surface area contributed by atoms with E-state index in [2.05, 4.69) is 4.42 Å². The van der Waals surface area contributed by atoms with E-state index in [4.69, 9.17) is 9.66 Å². The number of carbonyl (C=O) groups is 1. The molecule has 1 rings (SSSR count). The quantitative estimate of drug-likeness (QED) is 0.593. The van der Waals surface area contributed by atoms with E-state index in [1.807, 2.05) is 0 Å². The Labute approximate surface area is 123 Å². The molecule has 0 atom stereocenters. The molecule has 2 N–H and O–H groups in total. The normalized spacial score (nSPS) is 10.7. The molecule has 0 aliphatic rings. The molecule has 1 heterocycles. The van der Waals surface area contributed by atoms with Gasteiger partial charge in [-0.3, -0.25) is 4.55 Å². The smallest absolute Gasteiger partial charge is 1.00 e. The molecular formula is C6H8BaO6S. The van der Waals surface area contributed by atoms with Gasteiger partial charge in [0.05, 0.1) is 0 Å². The first-order valence-electron chi connectivity index (χ1n) is 3.13. The van der Waals surface area contributed by atoms with Gasteiger partial charge in [0.25, 0.3) is 10.1 Å². The van der Waals surface area contributed by atoms with Crippen molar-refractivity contribution in [3.63, 3.8) is 0 Å². The monoisotopic (exact) mass is 346 g/mol. The van der Waals surface area contributed by atoms with E-state index >= 15 is 0 Å². The molecule has 0 saturated heterocycles. The van der Waals surface area contributed by atoms with Crippen LogP contribution in [0.5, 0.6) is 0 Å². The van der Waals surface area contributed by atoms with E-state index in [0.717, 1.165) is 6.07 Å². The summed E-state index contributed by atoms with van der Waals surface area (Å²) in [4.78, 5) is 9.80. The van der Waals surface area contributed by atoms with Crippen LogP contribution in [0.15, 0.2) is 15.4 Å². The van der Waals surface area contributed by atoms with Gasteiger partial charge in [-0.25, -0.2) is 4.79 Å². The van der Waals surface area contributed by atoms with Crippen LogP contribution in [0.4, 0.5) is 0 Å². The molecule has 0 aliphatic carbocycles. The second-order valence-corrected chi connectivity index (χ2v) is 3.70. The molecule has 0 spiro atoms. The SMILES string of the molecule is Cc1oc(C(=O)O)cc1S(=O)(=O)O.[Ba+2].[H-].[H-]. The zero-order chi connectivity index (χ0) is 10.2. The van der Waals surface area contributed by atoms with Crippen LogP contribution in [0.1, 0.15) is 19.2 Å². The number of aromatic carboxylic acids is 1. The molecule has 0 aromatic carbocycles. The van der Waals surface area contributed by atoms with Crippen LogP contribution in [0.2, 0.25) is 0 Å². The Hall–Kier alpha value is 0.231. The zero-order valence-corrected chi connectivity index (χ0v) is 12.5. The Kier molecular flexibility index (Phi) is 4.92. The van der Waals surface area contributed by atoms with Crippen LogP contribution < -0.4 is 0 Å². The number of furan rings is 1. The van der Waals surface area contributed by atoms with Gasteiger partial charge in [-0.05, 0) is 6.92 Å². The van der Waals surface area contributed by atoms with E-state index in [0.29, 0.717) is 0 Å². The van der Waals surface area contributed by atoms with Crippen molar-refractivity contribution in [1.29, 1.82) is 0 Å². The van der Waals surface area contributed by atoms with Crippen molar-refractivity contribution in [2.45, 2.75) is 11.8 Å². The molecule has 76 valence electrons. The van der Waals surface area contributed by atoms with Crippen LogP contribution >= 0.6 is 0 Å². The van der Waals surface area contributed by atoms with Gasteiger partial charge in [-0.15, -0.1) is 0 Å². The number of carboxylic acid groups (broad SMARTS) is 1. The molecule has 14 heavy (non-hydrogen) atoms. The van der Waals surface area contributed by atoms with E-state index < -0.39 is 26.7 Å². The number of aryl methyl sites for hydroxylation is 1. The van der Waals surface area contributed by atoms with Crippen LogP contribution in [0, 0.1) is 6.92 Å². The predicted molar refractivity (Wildman–Crippen MR) is 48.2 cm³/mol. The van der Waals surface area contributed by atoms with Crippen LogP contribution in [-0.4, -0.2) is 72.9 Å². The van der Waals surface area contributed by atoms with Gasteiger partial charge in [0, 0.05) is 6.07 Å². The number of carboxylic acids is 1. The largest absolute Gasteiger partial charge is 2.00 e. The first-order valence-corrected chi connectivity index (χ1v) is 4.57. The summed E-state index contributed by atoms with van der Waals surface area (Å²) in [7, 11) is -4.40. The number of hydrogen-bond donors (Lipinski definition) is 2. The van der Waals surface area contributed by atoms with Crippen molar-refractivity contribution in [1.82, 2.24) is 0 Å². The Morgan fingerprint density at radius 1 is 1.57 bits per heavy atom. The summed E-state index contributed by atoms with van der Waals surface area (Å²) >= 11 is 0. The van der Waals surface area contributed by atoms with E-state index in [9.17, 15) is 13.2 Å². The molecule has 1 aromatic rings. The molecule has 0 amide bonds. The summed E-state index contributed by atoms with van der Waals surface area (Å²) in [5, 5.41) is 8.42. The molecule has 0 saturated carbocycles. The van der Waals surface area contributed by atoms with E-state index in [1.165, 1.54) is 6.92 Å². The second-order valence-electron chi connectivity index (χ2n) is 2.31. The summed E-state index contributed by atoms with van der Waals surface area (Å²) < 4.78 is 34.3. The van der Waals surface area contributed by atoms with Crippen molar-refractivity contribution in [3.05, 3.63) is 17.6 Å². The van der Waals surface area contributed by atoms with Gasteiger partial charge in [-0.2, -0.15) is 8.42 Å². The van der Waals surface area contributed by atoms with Crippen molar-refractivity contribution in [2.75, 3.05) is 0 Å². The maximum absolute atomic E-state index is 10.6. The van der Waals surface area contributed by atoms with Crippen molar-refractivity contribution in [2.24, 2.45) is 0 Å². The minimum atomic E-state index is -4.40. The van der Waals surface area contributed by atoms with Gasteiger partial charge < -0.3 is 12.4 Å². The molecule has 0 aliphatic heterocycles. The Morgan fingerprint density at radius 3 is 2.29 bits per heavy atom. The Bertz CT molecular complexity index is 454. The zero-order valence-electron chi connectivity index (χ0n) is 9.22. The van der Waals surface area contributed by atoms with Crippen LogP contribution in [0.3, 0.4) is 0 Å². The summed E-state index contributed by atoms with van der Waals surface area (Å²) in [5.74, 6) is -2.07. The number of hydrogen-bond acceptors (Lipinski definition) is 4. The van der Waals surface area contributed by atoms with Crippen LogP contribution in [0.25, 0.3) is 0 Å². The maximum atomic E-state index is 10.6. The summed E-state index contributed by atoms with van der Waals surface area (Å²) in [6, 6.07) is 0.757. The molecular weight excluding hydrogens is 337 g/mol. The summed E-state index contributed by atoms with van der Waals surface area (Å²) in [6.45, 7) is 1.25. The second kappa shape index (κ2) is 4.84. The van der Waals surface area contributed by atoms with Gasteiger partial charge >= 0.3 is 54.9 Å². The minimum absolute atomic E-state index is 0. The molecule has 0 fully saturated rings. The maximum Gasteiger partial charge on any atom is 2.00 e. The topological polar surface area (TPSA) is 105 Å². The molecule has 1 aromatic heterocycles. The molecule has 0 bridgehead atoms. The van der Waals surface area contributed by atoms with Gasteiger partial charge in [-0.1, -0.05) is 0 Å². The third kappa shape index (κ3) is 3.12. The summed E-state index contributed by atoms with van der Waals surface area (Å²) in [5.41, 5.74) is 0. The average molecular weight is 346 g/mol. The van der Waals surface area contributed by atoms with Gasteiger partial charge in [0.15, 0.2) is 0 Å². The van der Waals surface area contributed by atoms with Crippen molar-refractivity contribution in [3.8, 4) is 0 Å². The van der Waals surface area contributed by atoms with Crippen molar-refractivity contribution < 1.29 is 30.1 Å². The van der Waals surface area contributed by atoms with Gasteiger partial charge in [0.1, 0.15) is 10.7 Å². The fourth-order valence-electron chi connectivity index (χ4n) is 0.827. The van der Waals surface area contributed by atoms with Crippen molar-refractivity contribution >= 4 is 65.0 Å². The molecule has 6 nitrogen and oxygen atoms in total. The minimum Gasteiger partial charge on any atom is -1.00 e. The molecule has 0 unspecified atom stereocenters. The first kappa shape index (κ1) is 14.2. The van der Waals surface area contributed by atoms with Gasteiger partial charge in [0.2, 0.25) is 5.76 Å². The van der Waals surface area contributed by atoms with E-state index in [1.54, 1.807) is 0 Å². The number of rotatable bonds is 2. The third-order valence-electron chi connectivity index (χ3n) is 1.36. The standard InChI is InChI=1S/C6H6O6S.Ba.2H/c1-3-5(13(9,10)11)2-4(12-3)6(7)8;;;/h2H,1H3,(H,7,8)(H,9,10,11);;;/q;+2;2*-1. The predicted octanol–water partition coefficient (Wildman–Crippen LogP) is 0.377. The third-order valence-corrected chi connectivity index (χ3v) is 2.32. The average Bonchev–Trinajstić information content (AvgIpc) is 2.29. The Balaban J connectivity index is -0.000000563. The fraction of sp³-hybridized carbons (Fsp3) is 0.167. The molecule has 0 radical (unpaired) electrons. The summed E-state index contributed by atoms with van der Waals surface area (Å²) in [6.07, 6.45) is 0. The Morgan fingerprint density at radius 2 is 2.07 bits per heavy atom. The van der Waals surface area contributed by atoms with Crippen LogP contribution in [-0.2, 0) is 10.1 Å². The fourth-order valence-corrected chi connectivity index (χ4v) is 1.49.